The quantitative estimate of drug-likeness (QED) is 0.609. The number of halogens is 4. The Labute approximate surface area is 142 Å². The van der Waals surface area contributed by atoms with Crippen molar-refractivity contribution in [3.8, 4) is 5.75 Å². The van der Waals surface area contributed by atoms with Crippen molar-refractivity contribution in [2.75, 3.05) is 5.32 Å². The van der Waals surface area contributed by atoms with E-state index in [1.54, 1.807) is 12.1 Å². The summed E-state index contributed by atoms with van der Waals surface area (Å²) in [7, 11) is 0. The summed E-state index contributed by atoms with van der Waals surface area (Å²) in [6.45, 7) is 0. The zero-order valence-electron chi connectivity index (χ0n) is 9.75. The van der Waals surface area contributed by atoms with Crippen LogP contribution >= 0.6 is 55.1 Å². The molecule has 2 N–H and O–H groups in total. The van der Waals surface area contributed by atoms with Crippen LogP contribution in [0.15, 0.2) is 39.3 Å². The number of nitrogens with one attached hydrogen (secondary N) is 1. The van der Waals surface area contributed by atoms with Crippen LogP contribution in [-0.4, -0.2) is 11.0 Å². The Morgan fingerprint density at radius 3 is 2.30 bits per heavy atom. The minimum Gasteiger partial charge on any atom is -0.505 e. The van der Waals surface area contributed by atoms with Gasteiger partial charge in [-0.25, -0.2) is 0 Å². The van der Waals surface area contributed by atoms with Gasteiger partial charge in [-0.1, -0.05) is 39.1 Å². The Balaban J connectivity index is 2.30. The van der Waals surface area contributed by atoms with Crippen molar-refractivity contribution in [1.82, 2.24) is 0 Å². The molecule has 0 spiro atoms. The van der Waals surface area contributed by atoms with Crippen molar-refractivity contribution in [3.05, 3.63) is 54.9 Å². The maximum Gasteiger partial charge on any atom is 0.256 e. The zero-order chi connectivity index (χ0) is 14.9. The summed E-state index contributed by atoms with van der Waals surface area (Å²) in [5, 5.41) is 12.3. The molecule has 0 aromatic heterocycles. The molecule has 0 aliphatic rings. The molecule has 0 atom stereocenters. The van der Waals surface area contributed by atoms with Gasteiger partial charge >= 0.3 is 0 Å². The molecular formula is C13H7Br2Cl2NO2. The largest absolute Gasteiger partial charge is 0.505 e. The highest BCUT2D eigenvalue weighted by Gasteiger charge is 2.13. The monoisotopic (exact) mass is 437 g/mol. The Morgan fingerprint density at radius 2 is 1.70 bits per heavy atom. The lowest BCUT2D eigenvalue weighted by atomic mass is 10.2. The first-order chi connectivity index (χ1) is 9.38. The van der Waals surface area contributed by atoms with Gasteiger partial charge in [-0.15, -0.1) is 0 Å². The van der Waals surface area contributed by atoms with E-state index in [0.717, 1.165) is 4.47 Å². The van der Waals surface area contributed by atoms with Crippen LogP contribution in [0.2, 0.25) is 10.0 Å². The van der Waals surface area contributed by atoms with Crippen LogP contribution < -0.4 is 5.32 Å². The molecule has 2 aromatic carbocycles. The summed E-state index contributed by atoms with van der Waals surface area (Å²) in [5.74, 6) is -0.536. The number of aromatic hydroxyl groups is 1. The second-order valence-corrected chi connectivity index (χ2v) is 6.45. The molecule has 1 amide bonds. The Kier molecular flexibility index (Phi) is 4.96. The Hall–Kier alpha value is -0.750. The lowest BCUT2D eigenvalue weighted by Gasteiger charge is -2.09. The van der Waals surface area contributed by atoms with Crippen LogP contribution in [0.25, 0.3) is 0 Å². The molecule has 20 heavy (non-hydrogen) atoms. The molecule has 0 unspecified atom stereocenters. The fraction of sp³-hybridized carbons (Fsp3) is 0. The van der Waals surface area contributed by atoms with Crippen LogP contribution in [0.3, 0.4) is 0 Å². The first-order valence-electron chi connectivity index (χ1n) is 5.33. The number of carbonyl (C=O) groups excluding carboxylic acids is 1. The molecule has 0 aliphatic carbocycles. The number of benzene rings is 2. The molecule has 2 aromatic rings. The second-order valence-electron chi connectivity index (χ2n) is 3.87. The molecule has 7 heteroatoms. The molecule has 0 saturated heterocycles. The van der Waals surface area contributed by atoms with E-state index in [1.807, 2.05) is 6.07 Å². The number of amides is 1. The van der Waals surface area contributed by atoms with Gasteiger partial charge in [-0.3, -0.25) is 4.79 Å². The fourth-order valence-corrected chi connectivity index (χ4v) is 2.78. The van der Waals surface area contributed by atoms with Crippen molar-refractivity contribution in [2.24, 2.45) is 0 Å². The van der Waals surface area contributed by atoms with Crippen molar-refractivity contribution in [2.45, 2.75) is 0 Å². The molecule has 0 saturated carbocycles. The number of phenols is 1. The molecule has 0 heterocycles. The van der Waals surface area contributed by atoms with Gasteiger partial charge in [0.25, 0.3) is 5.91 Å². The number of rotatable bonds is 2. The van der Waals surface area contributed by atoms with E-state index in [4.69, 9.17) is 23.2 Å². The third-order valence-electron chi connectivity index (χ3n) is 2.45. The van der Waals surface area contributed by atoms with Crippen molar-refractivity contribution in [1.29, 1.82) is 0 Å². The van der Waals surface area contributed by atoms with Gasteiger partial charge < -0.3 is 10.4 Å². The topological polar surface area (TPSA) is 49.3 Å². The maximum absolute atomic E-state index is 12.2. The summed E-state index contributed by atoms with van der Waals surface area (Å²) in [4.78, 5) is 12.2. The van der Waals surface area contributed by atoms with Crippen molar-refractivity contribution >= 4 is 66.7 Å². The lowest BCUT2D eigenvalue weighted by Crippen LogP contribution is -2.12. The molecule has 3 nitrogen and oxygen atoms in total. The normalized spacial score (nSPS) is 10.4. The molecule has 0 bridgehead atoms. The van der Waals surface area contributed by atoms with E-state index in [9.17, 15) is 9.90 Å². The highest BCUT2D eigenvalue weighted by molar-refractivity contribution is 9.11. The molecule has 0 fully saturated rings. The number of hydrogen-bond acceptors (Lipinski definition) is 2. The van der Waals surface area contributed by atoms with E-state index < -0.39 is 0 Å². The minimum absolute atomic E-state index is 0.0705. The summed E-state index contributed by atoms with van der Waals surface area (Å²) < 4.78 is 1.45. The zero-order valence-corrected chi connectivity index (χ0v) is 14.4. The summed E-state index contributed by atoms with van der Waals surface area (Å²) >= 11 is 18.2. The number of carbonyl (C=O) groups is 1. The first-order valence-corrected chi connectivity index (χ1v) is 7.67. The van der Waals surface area contributed by atoms with E-state index >= 15 is 0 Å². The van der Waals surface area contributed by atoms with Gasteiger partial charge in [-0.05, 0) is 46.3 Å². The van der Waals surface area contributed by atoms with Crippen molar-refractivity contribution in [3.63, 3.8) is 0 Å². The number of phenolic OH excluding ortho intramolecular Hbond substituents is 1. The summed E-state index contributed by atoms with van der Waals surface area (Å²) in [6.07, 6.45) is 0. The predicted octanol–water partition coefficient (Wildman–Crippen LogP) is 5.48. The standard InChI is InChI=1S/C13H7Br2Cl2NO2/c14-6-1-2-9(15)8(3-6)13(20)18-7-4-10(16)12(19)11(17)5-7/h1-5,19H,(H,18,20). The van der Waals surface area contributed by atoms with E-state index in [0.29, 0.717) is 15.7 Å². The Morgan fingerprint density at radius 1 is 1.10 bits per heavy atom. The van der Waals surface area contributed by atoms with Gasteiger partial charge in [0, 0.05) is 14.6 Å². The summed E-state index contributed by atoms with van der Waals surface area (Å²) in [6, 6.07) is 8.10. The molecule has 0 radical (unpaired) electrons. The first kappa shape index (κ1) is 15.6. The Bertz CT molecular complexity index is 669. The lowest BCUT2D eigenvalue weighted by molar-refractivity contribution is 0.102. The van der Waals surface area contributed by atoms with E-state index in [2.05, 4.69) is 37.2 Å². The van der Waals surface area contributed by atoms with E-state index in [1.165, 1.54) is 12.1 Å². The van der Waals surface area contributed by atoms with Crippen LogP contribution in [0.5, 0.6) is 5.75 Å². The van der Waals surface area contributed by atoms with Gasteiger partial charge in [0.1, 0.15) is 0 Å². The maximum atomic E-state index is 12.2. The highest BCUT2D eigenvalue weighted by Crippen LogP contribution is 2.35. The number of anilines is 1. The average molecular weight is 440 g/mol. The second kappa shape index (κ2) is 6.35. The van der Waals surface area contributed by atoms with Crippen LogP contribution in [0.4, 0.5) is 5.69 Å². The van der Waals surface area contributed by atoms with Gasteiger partial charge in [-0.2, -0.15) is 0 Å². The van der Waals surface area contributed by atoms with Crippen molar-refractivity contribution < 1.29 is 9.90 Å². The molecular weight excluding hydrogens is 433 g/mol. The fourth-order valence-electron chi connectivity index (χ4n) is 1.51. The van der Waals surface area contributed by atoms with Crippen LogP contribution in [-0.2, 0) is 0 Å². The predicted molar refractivity (Wildman–Crippen MR) is 87.9 cm³/mol. The minimum atomic E-state index is -0.323. The van der Waals surface area contributed by atoms with Gasteiger partial charge in [0.05, 0.1) is 15.6 Å². The van der Waals surface area contributed by atoms with E-state index in [-0.39, 0.29) is 21.7 Å². The van der Waals surface area contributed by atoms with Crippen LogP contribution in [0.1, 0.15) is 10.4 Å². The molecule has 2 rings (SSSR count). The van der Waals surface area contributed by atoms with Gasteiger partial charge in [0.15, 0.2) is 5.75 Å². The highest BCUT2D eigenvalue weighted by atomic mass is 79.9. The smallest absolute Gasteiger partial charge is 0.256 e. The van der Waals surface area contributed by atoms with Crippen LogP contribution in [0, 0.1) is 0 Å². The summed E-state index contributed by atoms with van der Waals surface area (Å²) in [5.41, 5.74) is 0.856. The van der Waals surface area contributed by atoms with Gasteiger partial charge in [0.2, 0.25) is 0 Å². The number of hydrogen-bond donors (Lipinski definition) is 2. The third kappa shape index (κ3) is 3.47. The average Bonchev–Trinajstić information content (AvgIpc) is 2.38. The SMILES string of the molecule is O=C(Nc1cc(Cl)c(O)c(Cl)c1)c1cc(Br)ccc1Br. The molecule has 104 valence electrons. The molecule has 0 aliphatic heterocycles. The third-order valence-corrected chi connectivity index (χ3v) is 4.21.